The topological polar surface area (TPSA) is 86.2 Å². The predicted octanol–water partition coefficient (Wildman–Crippen LogP) is 2.63. The van der Waals surface area contributed by atoms with Crippen molar-refractivity contribution in [3.8, 4) is 0 Å². The third kappa shape index (κ3) is 6.88. The summed E-state index contributed by atoms with van der Waals surface area (Å²) in [6.45, 7) is 11.5. The molecule has 0 aliphatic carbocycles. The molecule has 0 saturated carbocycles. The third-order valence-electron chi connectivity index (χ3n) is 3.04. The minimum absolute atomic E-state index is 0.291. The number of alkyl carbamates (subject to hydrolysis) is 1. The van der Waals surface area contributed by atoms with Crippen LogP contribution in [0.15, 0.2) is 5.16 Å². The van der Waals surface area contributed by atoms with E-state index in [1.54, 1.807) is 27.7 Å². The molecule has 23 heavy (non-hydrogen) atoms. The van der Waals surface area contributed by atoms with Gasteiger partial charge in [0.25, 0.3) is 0 Å². The van der Waals surface area contributed by atoms with Gasteiger partial charge >= 0.3 is 12.1 Å². The van der Waals surface area contributed by atoms with Crippen LogP contribution in [0.25, 0.3) is 0 Å². The normalized spacial score (nSPS) is 18.9. The molecular weight excluding hydrogens is 300 g/mol. The summed E-state index contributed by atoms with van der Waals surface area (Å²) in [4.78, 5) is 28.9. The van der Waals surface area contributed by atoms with E-state index in [1.165, 1.54) is 0 Å². The van der Waals surface area contributed by atoms with Crippen molar-refractivity contribution in [2.45, 2.75) is 72.1 Å². The van der Waals surface area contributed by atoms with E-state index in [0.717, 1.165) is 0 Å². The van der Waals surface area contributed by atoms with Crippen LogP contribution >= 0.6 is 0 Å². The highest BCUT2D eigenvalue weighted by Gasteiger charge is 2.34. The highest BCUT2D eigenvalue weighted by Crippen LogP contribution is 2.19. The van der Waals surface area contributed by atoms with Crippen molar-refractivity contribution < 1.29 is 23.9 Å². The molecule has 1 rings (SSSR count). The number of rotatable bonds is 6. The first-order chi connectivity index (χ1) is 10.6. The zero-order valence-electron chi connectivity index (χ0n) is 14.8. The number of oxime groups is 1. The van der Waals surface area contributed by atoms with Crippen LogP contribution in [0, 0.1) is 5.92 Å². The fourth-order valence-corrected chi connectivity index (χ4v) is 2.16. The number of nitrogens with one attached hydrogen (secondary N) is 1. The Labute approximate surface area is 137 Å². The van der Waals surface area contributed by atoms with Gasteiger partial charge in [-0.25, -0.2) is 9.59 Å². The number of hydrogen-bond donors (Lipinski definition) is 1. The maximum absolute atomic E-state index is 12.0. The van der Waals surface area contributed by atoms with Gasteiger partial charge in [-0.15, -0.1) is 0 Å². The van der Waals surface area contributed by atoms with Crippen molar-refractivity contribution in [1.82, 2.24) is 5.32 Å². The zero-order chi connectivity index (χ0) is 17.6. The number of amides is 1. The van der Waals surface area contributed by atoms with Gasteiger partial charge in [-0.05, 0) is 40.0 Å². The van der Waals surface area contributed by atoms with Gasteiger partial charge in [-0.1, -0.05) is 19.0 Å². The lowest BCUT2D eigenvalue weighted by molar-refractivity contribution is -0.154. The number of hydrogen-bond acceptors (Lipinski definition) is 6. The maximum Gasteiger partial charge on any atom is 0.408 e. The number of nitrogens with zero attached hydrogens (tertiary/aromatic N) is 1. The molecule has 0 aromatic heterocycles. The van der Waals surface area contributed by atoms with Crippen LogP contribution in [0.4, 0.5) is 4.79 Å². The minimum Gasteiger partial charge on any atom is -0.463 e. The van der Waals surface area contributed by atoms with Crippen LogP contribution in [0.5, 0.6) is 0 Å². The SMILES string of the molecule is CCOC(=O)C1CC([C@H](CC(C)C)NC(=O)OC(C)(C)C)=NO1. The average Bonchev–Trinajstić information content (AvgIpc) is 2.84. The lowest BCUT2D eigenvalue weighted by atomic mass is 9.97. The van der Waals surface area contributed by atoms with E-state index >= 15 is 0 Å². The van der Waals surface area contributed by atoms with E-state index < -0.39 is 23.8 Å². The molecule has 0 radical (unpaired) electrons. The molecule has 132 valence electrons. The van der Waals surface area contributed by atoms with E-state index in [9.17, 15) is 9.59 Å². The van der Waals surface area contributed by atoms with Crippen LogP contribution in [0.3, 0.4) is 0 Å². The van der Waals surface area contributed by atoms with E-state index in [4.69, 9.17) is 14.3 Å². The molecule has 0 bridgehead atoms. The predicted molar refractivity (Wildman–Crippen MR) is 86.2 cm³/mol. The Morgan fingerprint density at radius 2 is 2.04 bits per heavy atom. The van der Waals surface area contributed by atoms with Gasteiger partial charge in [-0.2, -0.15) is 0 Å². The molecule has 0 aromatic carbocycles. The van der Waals surface area contributed by atoms with E-state index in [1.807, 2.05) is 13.8 Å². The maximum atomic E-state index is 12.0. The van der Waals surface area contributed by atoms with E-state index in [-0.39, 0.29) is 6.04 Å². The Morgan fingerprint density at radius 3 is 2.57 bits per heavy atom. The first-order valence-corrected chi connectivity index (χ1v) is 8.01. The second-order valence-corrected chi connectivity index (χ2v) is 6.96. The molecule has 0 saturated heterocycles. The number of carbonyl (C=O) groups excluding carboxylic acids is 2. The largest absolute Gasteiger partial charge is 0.463 e. The van der Waals surface area contributed by atoms with Crippen molar-refractivity contribution in [3.05, 3.63) is 0 Å². The average molecular weight is 328 g/mol. The molecular formula is C16H28N2O5. The van der Waals surface area contributed by atoms with Crippen LogP contribution in [0.1, 0.15) is 54.4 Å². The lowest BCUT2D eigenvalue weighted by Gasteiger charge is -2.24. The summed E-state index contributed by atoms with van der Waals surface area (Å²) >= 11 is 0. The first-order valence-electron chi connectivity index (χ1n) is 8.01. The summed E-state index contributed by atoms with van der Waals surface area (Å²) in [6.07, 6.45) is -0.256. The number of ether oxygens (including phenoxy) is 2. The van der Waals surface area contributed by atoms with E-state index in [2.05, 4.69) is 10.5 Å². The van der Waals surface area contributed by atoms with Gasteiger partial charge < -0.3 is 19.6 Å². The fourth-order valence-electron chi connectivity index (χ4n) is 2.16. The third-order valence-corrected chi connectivity index (χ3v) is 3.04. The van der Waals surface area contributed by atoms with Crippen molar-refractivity contribution >= 4 is 17.8 Å². The van der Waals surface area contributed by atoms with E-state index in [0.29, 0.717) is 31.1 Å². The highest BCUT2D eigenvalue weighted by atomic mass is 16.7. The van der Waals surface area contributed by atoms with Gasteiger partial charge in [-0.3, -0.25) is 0 Å². The van der Waals surface area contributed by atoms with Gasteiger partial charge in [0.2, 0.25) is 6.10 Å². The van der Waals surface area contributed by atoms with Crippen molar-refractivity contribution in [3.63, 3.8) is 0 Å². The van der Waals surface area contributed by atoms with Crippen molar-refractivity contribution in [2.75, 3.05) is 6.61 Å². The summed E-state index contributed by atoms with van der Waals surface area (Å²) in [7, 11) is 0. The van der Waals surface area contributed by atoms with Crippen LogP contribution in [-0.2, 0) is 19.1 Å². The first kappa shape index (κ1) is 19.3. The van der Waals surface area contributed by atoms with Crippen molar-refractivity contribution in [1.29, 1.82) is 0 Å². The Hall–Kier alpha value is -1.79. The van der Waals surface area contributed by atoms with Crippen molar-refractivity contribution in [2.24, 2.45) is 11.1 Å². The summed E-state index contributed by atoms with van der Waals surface area (Å²) in [5, 5.41) is 6.78. The Morgan fingerprint density at radius 1 is 1.39 bits per heavy atom. The summed E-state index contributed by atoms with van der Waals surface area (Å²) in [6, 6.07) is -0.329. The molecule has 7 nitrogen and oxygen atoms in total. The Balaban J connectivity index is 2.68. The fraction of sp³-hybridized carbons (Fsp3) is 0.812. The molecule has 0 spiro atoms. The smallest absolute Gasteiger partial charge is 0.408 e. The van der Waals surface area contributed by atoms with Gasteiger partial charge in [0.15, 0.2) is 0 Å². The second-order valence-electron chi connectivity index (χ2n) is 6.96. The summed E-state index contributed by atoms with van der Waals surface area (Å²) < 4.78 is 10.2. The van der Waals surface area contributed by atoms with Crippen LogP contribution in [-0.4, -0.2) is 42.1 Å². The molecule has 7 heteroatoms. The lowest BCUT2D eigenvalue weighted by Crippen LogP contribution is -2.44. The molecule has 2 atom stereocenters. The number of esters is 1. The zero-order valence-corrected chi connectivity index (χ0v) is 14.8. The molecule has 0 aromatic rings. The second kappa shape index (κ2) is 8.17. The van der Waals surface area contributed by atoms with Crippen LogP contribution in [0.2, 0.25) is 0 Å². The molecule has 1 aliphatic heterocycles. The Kier molecular flexibility index (Phi) is 6.84. The quantitative estimate of drug-likeness (QED) is 0.758. The molecule has 1 amide bonds. The molecule has 1 unspecified atom stereocenters. The Bertz CT molecular complexity index is 454. The van der Waals surface area contributed by atoms with Crippen LogP contribution < -0.4 is 5.32 Å². The molecule has 1 heterocycles. The monoisotopic (exact) mass is 328 g/mol. The van der Waals surface area contributed by atoms with Gasteiger partial charge in [0.1, 0.15) is 5.60 Å². The molecule has 1 N–H and O–H groups in total. The summed E-state index contributed by atoms with van der Waals surface area (Å²) in [5.41, 5.74) is 0.0519. The molecule has 1 aliphatic rings. The highest BCUT2D eigenvalue weighted by molar-refractivity contribution is 5.96. The molecule has 0 fully saturated rings. The van der Waals surface area contributed by atoms with Gasteiger partial charge in [0, 0.05) is 6.42 Å². The minimum atomic E-state index is -0.736. The number of carbonyl (C=O) groups is 2. The van der Waals surface area contributed by atoms with Gasteiger partial charge in [0.05, 0.1) is 18.4 Å². The standard InChI is InChI=1S/C16H28N2O5/c1-7-21-14(19)13-9-12(18-23-13)11(8-10(2)3)17-15(20)22-16(4,5)6/h10-11,13H,7-9H2,1-6H3,(H,17,20)/t11-,13?/m0/s1. The summed E-state index contributed by atoms with van der Waals surface area (Å²) in [5.74, 6) is -0.105.